The fourth-order valence-corrected chi connectivity index (χ4v) is 7.18. The molecule has 5 N–H and O–H groups in total. The van der Waals surface area contributed by atoms with Gasteiger partial charge < -0.3 is 26.0 Å². The first kappa shape index (κ1) is 40.7. The number of nitrogens with zero attached hydrogens (tertiary/aromatic N) is 3. The van der Waals surface area contributed by atoms with Gasteiger partial charge in [0, 0.05) is 42.4 Å². The van der Waals surface area contributed by atoms with Crippen molar-refractivity contribution in [1.29, 1.82) is 0 Å². The van der Waals surface area contributed by atoms with E-state index in [0.29, 0.717) is 35.5 Å². The third kappa shape index (κ3) is 10.4. The zero-order valence-corrected chi connectivity index (χ0v) is 32.2. The molecule has 5 rings (SSSR count). The smallest absolute Gasteiger partial charge is 0.335 e. The fraction of sp³-hybridized carbons (Fsp3) is 0.359. The first-order valence-electron chi connectivity index (χ1n) is 18.0. The van der Waals surface area contributed by atoms with E-state index >= 15 is 0 Å². The van der Waals surface area contributed by atoms with Gasteiger partial charge in [-0.3, -0.25) is 24.1 Å². The number of urea groups is 1. The molecule has 1 unspecified atom stereocenters. The molecule has 1 aliphatic heterocycles. The van der Waals surface area contributed by atoms with E-state index in [1.54, 1.807) is 31.3 Å². The van der Waals surface area contributed by atoms with Crippen LogP contribution in [0.3, 0.4) is 0 Å². The van der Waals surface area contributed by atoms with E-state index in [2.05, 4.69) is 31.8 Å². The van der Waals surface area contributed by atoms with E-state index in [1.165, 1.54) is 30.4 Å². The van der Waals surface area contributed by atoms with Crippen LogP contribution in [0.15, 0.2) is 76.8 Å². The maximum Gasteiger partial charge on any atom is 0.335 e. The molecule has 3 aromatic rings. The second-order valence-electron chi connectivity index (χ2n) is 13.1. The Bertz CT molecular complexity index is 1930. The predicted octanol–water partition coefficient (Wildman–Crippen LogP) is 4.67. The maximum atomic E-state index is 14.3. The van der Waals surface area contributed by atoms with Crippen LogP contribution in [-0.2, 0) is 14.4 Å². The molecule has 1 aliphatic carbocycles. The number of methoxy groups -OCH3 is 1. The minimum Gasteiger partial charge on any atom is -0.494 e. The number of benzodiazepines with no additional fused rings is 1. The van der Waals surface area contributed by atoms with Crippen molar-refractivity contribution in [3.05, 3.63) is 93.5 Å². The summed E-state index contributed by atoms with van der Waals surface area (Å²) in [5.74, 6) is -1.31. The van der Waals surface area contributed by atoms with Gasteiger partial charge in [-0.15, -0.1) is 0 Å². The number of rotatable bonds is 13. The number of hydrazone groups is 1. The number of carbonyl (C=O) groups is 5. The molecule has 0 radical (unpaired) electrons. The van der Waals surface area contributed by atoms with E-state index < -0.39 is 42.5 Å². The summed E-state index contributed by atoms with van der Waals surface area (Å²) in [4.78, 5) is 71.8. The van der Waals surface area contributed by atoms with E-state index in [1.807, 2.05) is 37.3 Å². The van der Waals surface area contributed by atoms with Crippen molar-refractivity contribution >= 4 is 70.5 Å². The third-order valence-corrected chi connectivity index (χ3v) is 10.1. The summed E-state index contributed by atoms with van der Waals surface area (Å²) in [5.41, 5.74) is 4.63. The van der Waals surface area contributed by atoms with E-state index in [0.717, 1.165) is 25.7 Å². The van der Waals surface area contributed by atoms with Crippen LogP contribution in [0.1, 0.15) is 60.5 Å². The minimum atomic E-state index is -1.44. The molecule has 55 heavy (non-hydrogen) atoms. The van der Waals surface area contributed by atoms with Crippen LogP contribution in [0.25, 0.3) is 0 Å². The molecule has 0 aromatic heterocycles. The zero-order chi connectivity index (χ0) is 39.5. The van der Waals surface area contributed by atoms with Crippen LogP contribution in [0, 0.1) is 11.8 Å². The molecule has 1 fully saturated rings. The number of aliphatic imine (C=N–C) groups is 1. The summed E-state index contributed by atoms with van der Waals surface area (Å²) >= 11 is 12.6. The van der Waals surface area contributed by atoms with Gasteiger partial charge in [0.25, 0.3) is 11.8 Å². The molecule has 290 valence electrons. The molecule has 0 saturated heterocycles. The first-order valence-corrected chi connectivity index (χ1v) is 18.7. The summed E-state index contributed by atoms with van der Waals surface area (Å²) in [7, 11) is 3.04. The van der Waals surface area contributed by atoms with Gasteiger partial charge in [-0.05, 0) is 56.2 Å². The summed E-state index contributed by atoms with van der Waals surface area (Å²) in [6.45, 7) is 1.88. The largest absolute Gasteiger partial charge is 0.494 e. The predicted molar refractivity (Wildman–Crippen MR) is 212 cm³/mol. The second-order valence-corrected chi connectivity index (χ2v) is 14.0. The van der Waals surface area contributed by atoms with Gasteiger partial charge in [-0.25, -0.2) is 15.2 Å². The first-order chi connectivity index (χ1) is 26.5. The highest BCUT2D eigenvalue weighted by molar-refractivity contribution is 6.37. The second kappa shape index (κ2) is 19.2. The Balaban J connectivity index is 1.28. The normalized spacial score (nSPS) is 18.6. The number of fused-ring (bicyclic) bond motifs is 1. The molecule has 0 spiro atoms. The Kier molecular flexibility index (Phi) is 14.2. The fourth-order valence-electron chi connectivity index (χ4n) is 6.54. The Labute approximate surface area is 329 Å². The minimum absolute atomic E-state index is 0.0146. The summed E-state index contributed by atoms with van der Waals surface area (Å²) in [5, 5.41) is 15.3. The number of ether oxygens (including phenoxy) is 1. The highest BCUT2D eigenvalue weighted by Gasteiger charge is 2.35. The number of carbonyl (C=O) groups excluding carboxylic acids is 5. The molecular weight excluding hydrogens is 747 g/mol. The maximum absolute atomic E-state index is 14.3. The Morgan fingerprint density at radius 1 is 1.00 bits per heavy atom. The molecule has 3 aromatic carbocycles. The monoisotopic (exact) mass is 790 g/mol. The SMILES string of the molecule is CC[C@@H](/C=N/NC(=O)NCC1CCC(C(=O)NC)CC1)NC(=O)CN1C(=O)C(NC(=O)c2cc(Cl)c(OC)c(Cl)c2)N=C(c2ccccc2)c2ccccc21. The summed E-state index contributed by atoms with van der Waals surface area (Å²) < 4.78 is 5.20. The van der Waals surface area contributed by atoms with Crippen LogP contribution in [-0.4, -0.2) is 81.0 Å². The lowest BCUT2D eigenvalue weighted by atomic mass is 9.81. The number of amides is 6. The number of halogens is 2. The van der Waals surface area contributed by atoms with Gasteiger partial charge in [-0.2, -0.15) is 5.10 Å². The topological polar surface area (TPSA) is 183 Å². The van der Waals surface area contributed by atoms with Gasteiger partial charge in [-0.1, -0.05) is 78.7 Å². The van der Waals surface area contributed by atoms with Crippen molar-refractivity contribution in [2.24, 2.45) is 21.9 Å². The van der Waals surface area contributed by atoms with Gasteiger partial charge in [0.1, 0.15) is 6.54 Å². The lowest BCUT2D eigenvalue weighted by Gasteiger charge is -2.27. The van der Waals surface area contributed by atoms with Crippen LogP contribution >= 0.6 is 23.2 Å². The average Bonchev–Trinajstić information content (AvgIpc) is 3.30. The van der Waals surface area contributed by atoms with Crippen molar-refractivity contribution in [2.45, 2.75) is 51.2 Å². The van der Waals surface area contributed by atoms with E-state index in [4.69, 9.17) is 32.9 Å². The van der Waals surface area contributed by atoms with Gasteiger partial charge in [0.2, 0.25) is 18.0 Å². The molecule has 2 aliphatic rings. The van der Waals surface area contributed by atoms with Crippen LogP contribution in [0.4, 0.5) is 10.5 Å². The van der Waals surface area contributed by atoms with Gasteiger partial charge in [0.15, 0.2) is 5.75 Å². The highest BCUT2D eigenvalue weighted by Crippen LogP contribution is 2.34. The van der Waals surface area contributed by atoms with Crippen molar-refractivity contribution < 1.29 is 28.7 Å². The molecule has 6 amide bonds. The van der Waals surface area contributed by atoms with Gasteiger partial charge in [0.05, 0.1) is 34.6 Å². The van der Waals surface area contributed by atoms with Gasteiger partial charge >= 0.3 is 6.03 Å². The molecule has 1 heterocycles. The lowest BCUT2D eigenvalue weighted by Crippen LogP contribution is -2.51. The van der Waals surface area contributed by atoms with Crippen molar-refractivity contribution in [1.82, 2.24) is 26.7 Å². The quantitative estimate of drug-likeness (QED) is 0.124. The highest BCUT2D eigenvalue weighted by atomic mass is 35.5. The van der Waals surface area contributed by atoms with Crippen LogP contribution < -0.4 is 36.3 Å². The average molecular weight is 792 g/mol. The van der Waals surface area contributed by atoms with Crippen molar-refractivity contribution in [3.63, 3.8) is 0 Å². The third-order valence-electron chi connectivity index (χ3n) is 9.51. The Hall–Kier alpha value is -5.47. The summed E-state index contributed by atoms with van der Waals surface area (Å²) in [6, 6.07) is 17.9. The van der Waals surface area contributed by atoms with Crippen LogP contribution in [0.5, 0.6) is 5.75 Å². The number of para-hydroxylation sites is 1. The zero-order valence-electron chi connectivity index (χ0n) is 30.7. The van der Waals surface area contributed by atoms with E-state index in [9.17, 15) is 24.0 Å². The molecule has 14 nitrogen and oxygen atoms in total. The molecule has 16 heteroatoms. The van der Waals surface area contributed by atoms with Crippen LogP contribution in [0.2, 0.25) is 10.0 Å². The number of hydrogen-bond donors (Lipinski definition) is 5. The lowest BCUT2D eigenvalue weighted by molar-refractivity contribution is -0.125. The number of hydrogen-bond acceptors (Lipinski definition) is 8. The molecular formula is C39H44Cl2N8O6. The number of anilines is 1. The number of benzene rings is 3. The standard InChI is InChI=1S/C39H44Cl2N8O6/c1-4-27(21-44-48-39(54)43-20-23-14-16-25(17-15-23)36(51)42-2)45-32(50)22-49-31-13-9-8-12-28(31)33(24-10-6-5-7-11-24)46-35(38(49)53)47-37(52)26-18-29(40)34(55-3)30(41)19-26/h5-13,18-19,21,23,25,27,35H,4,14-17,20,22H2,1-3H3,(H,42,51)(H,45,50)(H,47,52)(H2,43,48,54)/b44-21+/t23?,25?,27-,35?/m0/s1. The Morgan fingerprint density at radius 2 is 1.67 bits per heavy atom. The van der Waals surface area contributed by atoms with Crippen molar-refractivity contribution in [3.8, 4) is 5.75 Å². The molecule has 1 saturated carbocycles. The van der Waals surface area contributed by atoms with Crippen molar-refractivity contribution in [2.75, 3.05) is 32.1 Å². The molecule has 2 atom stereocenters. The number of nitrogens with one attached hydrogen (secondary N) is 5. The Morgan fingerprint density at radius 3 is 2.33 bits per heavy atom. The summed E-state index contributed by atoms with van der Waals surface area (Å²) in [6.07, 6.45) is 3.65. The molecule has 0 bridgehead atoms. The van der Waals surface area contributed by atoms with E-state index in [-0.39, 0.29) is 39.1 Å².